The van der Waals surface area contributed by atoms with Crippen molar-refractivity contribution in [2.24, 2.45) is 0 Å². The molecule has 0 radical (unpaired) electrons. The molecule has 138 valence electrons. The Labute approximate surface area is 161 Å². The number of hydrogen-bond acceptors (Lipinski definition) is 4. The van der Waals surface area contributed by atoms with Crippen LogP contribution in [0.4, 0.5) is 11.8 Å². The molecule has 0 aliphatic carbocycles. The minimum Gasteiger partial charge on any atom is -0.366 e. The Hall–Kier alpha value is -2.88. The van der Waals surface area contributed by atoms with Crippen molar-refractivity contribution >= 4 is 11.8 Å². The zero-order valence-corrected chi connectivity index (χ0v) is 15.6. The molecule has 2 aromatic carbocycles. The minimum atomic E-state index is 0.755. The Morgan fingerprint density at radius 3 is 2.15 bits per heavy atom. The van der Waals surface area contributed by atoms with E-state index in [1.54, 1.807) is 0 Å². The van der Waals surface area contributed by atoms with E-state index in [0.717, 1.165) is 42.7 Å². The molecule has 0 amide bonds. The Bertz CT molecular complexity index is 841. The quantitative estimate of drug-likeness (QED) is 0.686. The van der Waals surface area contributed by atoms with Crippen molar-refractivity contribution in [3.8, 4) is 11.3 Å². The lowest BCUT2D eigenvalue weighted by Crippen LogP contribution is -2.26. The van der Waals surface area contributed by atoms with Crippen LogP contribution in [0.15, 0.2) is 66.7 Å². The SMILES string of the molecule is c1ccc(CNc2cc(-c3ccccc3)nc(N3CCCCCC3)n2)cc1. The summed E-state index contributed by atoms with van der Waals surface area (Å²) in [7, 11) is 0. The number of anilines is 2. The molecule has 1 N–H and O–H groups in total. The van der Waals surface area contributed by atoms with Crippen molar-refractivity contribution in [1.82, 2.24) is 9.97 Å². The first-order valence-electron chi connectivity index (χ1n) is 9.86. The average Bonchev–Trinajstić information content (AvgIpc) is 3.03. The van der Waals surface area contributed by atoms with Crippen LogP contribution in [0.3, 0.4) is 0 Å². The van der Waals surface area contributed by atoms with Gasteiger partial charge in [-0.05, 0) is 18.4 Å². The number of hydrogen-bond donors (Lipinski definition) is 1. The molecular weight excluding hydrogens is 332 g/mol. The van der Waals surface area contributed by atoms with Crippen molar-refractivity contribution in [3.63, 3.8) is 0 Å². The second-order valence-corrected chi connectivity index (χ2v) is 7.04. The fourth-order valence-corrected chi connectivity index (χ4v) is 3.48. The van der Waals surface area contributed by atoms with Crippen LogP contribution in [0.25, 0.3) is 11.3 Å². The van der Waals surface area contributed by atoms with Gasteiger partial charge in [-0.1, -0.05) is 73.5 Å². The lowest BCUT2D eigenvalue weighted by atomic mass is 10.1. The van der Waals surface area contributed by atoms with E-state index in [1.807, 2.05) is 12.1 Å². The molecule has 1 aliphatic rings. The molecule has 1 aromatic heterocycles. The summed E-state index contributed by atoms with van der Waals surface area (Å²) in [5.74, 6) is 1.72. The fourth-order valence-electron chi connectivity index (χ4n) is 3.48. The molecule has 27 heavy (non-hydrogen) atoms. The zero-order chi connectivity index (χ0) is 18.3. The summed E-state index contributed by atoms with van der Waals surface area (Å²) >= 11 is 0. The Balaban J connectivity index is 1.63. The molecule has 4 nitrogen and oxygen atoms in total. The third-order valence-electron chi connectivity index (χ3n) is 4.99. The molecular formula is C23H26N4. The molecule has 1 aliphatic heterocycles. The van der Waals surface area contributed by atoms with E-state index < -0.39 is 0 Å². The summed E-state index contributed by atoms with van der Waals surface area (Å²) < 4.78 is 0. The molecule has 0 unspecified atom stereocenters. The monoisotopic (exact) mass is 358 g/mol. The van der Waals surface area contributed by atoms with E-state index >= 15 is 0 Å². The molecule has 0 atom stereocenters. The van der Waals surface area contributed by atoms with Gasteiger partial charge >= 0.3 is 0 Å². The highest BCUT2D eigenvalue weighted by Crippen LogP contribution is 2.24. The van der Waals surface area contributed by atoms with E-state index in [-0.39, 0.29) is 0 Å². The lowest BCUT2D eigenvalue weighted by Gasteiger charge is -2.21. The molecule has 1 saturated heterocycles. The maximum Gasteiger partial charge on any atom is 0.227 e. The van der Waals surface area contributed by atoms with Crippen molar-refractivity contribution < 1.29 is 0 Å². The maximum absolute atomic E-state index is 4.90. The summed E-state index contributed by atoms with van der Waals surface area (Å²) in [6, 6.07) is 22.8. The standard InChI is InChI=1S/C23H26N4/c1-2-10-16-27(15-9-1)23-25-21(20-13-7-4-8-14-20)17-22(26-23)24-18-19-11-5-3-6-12-19/h3-8,11-14,17H,1-2,9-10,15-16,18H2,(H,24,25,26). The summed E-state index contributed by atoms with van der Waals surface area (Å²) in [4.78, 5) is 12.1. The van der Waals surface area contributed by atoms with Gasteiger partial charge in [-0.15, -0.1) is 0 Å². The van der Waals surface area contributed by atoms with Crippen LogP contribution >= 0.6 is 0 Å². The third kappa shape index (κ3) is 4.64. The number of aromatic nitrogens is 2. The first kappa shape index (κ1) is 17.5. The molecule has 0 spiro atoms. The Kier molecular flexibility index (Phi) is 5.63. The first-order valence-corrected chi connectivity index (χ1v) is 9.86. The number of nitrogens with one attached hydrogen (secondary N) is 1. The summed E-state index contributed by atoms with van der Waals surface area (Å²) in [5.41, 5.74) is 3.34. The van der Waals surface area contributed by atoms with E-state index in [1.165, 1.54) is 31.2 Å². The normalized spacial score (nSPS) is 14.6. The van der Waals surface area contributed by atoms with Crippen molar-refractivity contribution in [1.29, 1.82) is 0 Å². The fraction of sp³-hybridized carbons (Fsp3) is 0.304. The molecule has 2 heterocycles. The van der Waals surface area contributed by atoms with Crippen LogP contribution < -0.4 is 10.2 Å². The van der Waals surface area contributed by atoms with Gasteiger partial charge in [0.1, 0.15) is 5.82 Å². The van der Waals surface area contributed by atoms with Gasteiger partial charge in [0.05, 0.1) is 5.69 Å². The molecule has 0 saturated carbocycles. The minimum absolute atomic E-state index is 0.755. The van der Waals surface area contributed by atoms with Gasteiger partial charge in [0.2, 0.25) is 5.95 Å². The van der Waals surface area contributed by atoms with Crippen LogP contribution in [0.1, 0.15) is 31.2 Å². The van der Waals surface area contributed by atoms with Crippen molar-refractivity contribution in [3.05, 3.63) is 72.3 Å². The molecule has 4 heteroatoms. The van der Waals surface area contributed by atoms with E-state index in [2.05, 4.69) is 64.8 Å². The van der Waals surface area contributed by atoms with Gasteiger partial charge in [-0.2, -0.15) is 4.98 Å². The predicted octanol–water partition coefficient (Wildman–Crippen LogP) is 5.14. The molecule has 3 aromatic rings. The lowest BCUT2D eigenvalue weighted by molar-refractivity contribution is 0.726. The summed E-state index contributed by atoms with van der Waals surface area (Å²) in [5, 5.41) is 3.49. The van der Waals surface area contributed by atoms with Gasteiger partial charge in [0.15, 0.2) is 0 Å². The second kappa shape index (κ2) is 8.67. The van der Waals surface area contributed by atoms with Crippen molar-refractivity contribution in [2.75, 3.05) is 23.3 Å². The van der Waals surface area contributed by atoms with E-state index in [9.17, 15) is 0 Å². The average molecular weight is 358 g/mol. The summed E-state index contributed by atoms with van der Waals surface area (Å²) in [6.45, 7) is 2.83. The number of rotatable bonds is 5. The highest BCUT2D eigenvalue weighted by molar-refractivity contribution is 5.64. The Morgan fingerprint density at radius 2 is 1.44 bits per heavy atom. The topological polar surface area (TPSA) is 41.1 Å². The van der Waals surface area contributed by atoms with Gasteiger partial charge < -0.3 is 10.2 Å². The molecule has 4 rings (SSSR count). The zero-order valence-electron chi connectivity index (χ0n) is 15.6. The second-order valence-electron chi connectivity index (χ2n) is 7.04. The Morgan fingerprint density at radius 1 is 0.778 bits per heavy atom. The van der Waals surface area contributed by atoms with Crippen LogP contribution in [0.5, 0.6) is 0 Å². The van der Waals surface area contributed by atoms with Crippen LogP contribution in [0.2, 0.25) is 0 Å². The smallest absolute Gasteiger partial charge is 0.227 e. The van der Waals surface area contributed by atoms with E-state index in [0.29, 0.717) is 0 Å². The highest BCUT2D eigenvalue weighted by atomic mass is 15.3. The molecule has 0 bridgehead atoms. The van der Waals surface area contributed by atoms with E-state index in [4.69, 9.17) is 9.97 Å². The van der Waals surface area contributed by atoms with Crippen LogP contribution in [-0.4, -0.2) is 23.1 Å². The van der Waals surface area contributed by atoms with Gasteiger partial charge in [-0.25, -0.2) is 4.98 Å². The third-order valence-corrected chi connectivity index (χ3v) is 4.99. The highest BCUT2D eigenvalue weighted by Gasteiger charge is 2.15. The van der Waals surface area contributed by atoms with Crippen LogP contribution in [-0.2, 0) is 6.54 Å². The van der Waals surface area contributed by atoms with Gasteiger partial charge in [0.25, 0.3) is 0 Å². The van der Waals surface area contributed by atoms with Crippen molar-refractivity contribution in [2.45, 2.75) is 32.2 Å². The van der Waals surface area contributed by atoms with Crippen LogP contribution in [0, 0.1) is 0 Å². The first-order chi connectivity index (χ1) is 13.4. The number of nitrogens with zero attached hydrogens (tertiary/aromatic N) is 3. The molecule has 1 fully saturated rings. The van der Waals surface area contributed by atoms with Gasteiger partial charge in [0, 0.05) is 31.3 Å². The van der Waals surface area contributed by atoms with Gasteiger partial charge in [-0.3, -0.25) is 0 Å². The largest absolute Gasteiger partial charge is 0.366 e. The number of benzene rings is 2. The summed E-state index contributed by atoms with van der Waals surface area (Å²) in [6.07, 6.45) is 5.03. The maximum atomic E-state index is 4.90. The predicted molar refractivity (Wildman–Crippen MR) is 112 cm³/mol.